The SMILES string of the molecule is COc1c(C)cc2c(c1C)CC(C)[Se]2. The van der Waals surface area contributed by atoms with Crippen LogP contribution in [-0.4, -0.2) is 22.1 Å². The molecule has 1 aliphatic heterocycles. The van der Waals surface area contributed by atoms with Crippen LogP contribution in [0.2, 0.25) is 4.82 Å². The van der Waals surface area contributed by atoms with Gasteiger partial charge in [-0.3, -0.25) is 0 Å². The van der Waals surface area contributed by atoms with Crippen molar-refractivity contribution in [3.8, 4) is 5.75 Å². The summed E-state index contributed by atoms with van der Waals surface area (Å²) in [5, 5.41) is 0. The molecule has 2 rings (SSSR count). The van der Waals surface area contributed by atoms with Crippen molar-refractivity contribution in [1.82, 2.24) is 0 Å². The summed E-state index contributed by atoms with van der Waals surface area (Å²) < 4.78 is 7.04. The molecule has 1 aromatic carbocycles. The number of rotatable bonds is 1. The van der Waals surface area contributed by atoms with Crippen LogP contribution in [-0.2, 0) is 6.42 Å². The fourth-order valence-electron chi connectivity index (χ4n) is 2.19. The molecule has 1 aliphatic rings. The molecule has 0 spiro atoms. The van der Waals surface area contributed by atoms with Crippen LogP contribution in [0.1, 0.15) is 23.6 Å². The number of methoxy groups -OCH3 is 1. The van der Waals surface area contributed by atoms with Crippen LogP contribution >= 0.6 is 0 Å². The van der Waals surface area contributed by atoms with Gasteiger partial charge in [-0.15, -0.1) is 0 Å². The summed E-state index contributed by atoms with van der Waals surface area (Å²) in [4.78, 5) is 0.864. The Morgan fingerprint density at radius 3 is 2.79 bits per heavy atom. The monoisotopic (exact) mass is 256 g/mol. The van der Waals surface area contributed by atoms with Gasteiger partial charge in [-0.1, -0.05) is 0 Å². The Labute approximate surface area is 92.0 Å². The zero-order valence-corrected chi connectivity index (χ0v) is 10.9. The number of fused-ring (bicyclic) bond motifs is 1. The molecule has 0 aliphatic carbocycles. The van der Waals surface area contributed by atoms with Gasteiger partial charge in [0.05, 0.1) is 0 Å². The molecule has 1 aromatic rings. The van der Waals surface area contributed by atoms with E-state index in [2.05, 4.69) is 26.8 Å². The third-order valence-electron chi connectivity index (χ3n) is 2.82. The molecule has 0 radical (unpaired) electrons. The van der Waals surface area contributed by atoms with Crippen molar-refractivity contribution in [2.75, 3.05) is 7.11 Å². The molecule has 0 saturated heterocycles. The number of hydrogen-bond donors (Lipinski definition) is 0. The van der Waals surface area contributed by atoms with Crippen molar-refractivity contribution in [2.45, 2.75) is 32.0 Å². The molecular formula is C12H16OSe. The van der Waals surface area contributed by atoms with E-state index in [-0.39, 0.29) is 0 Å². The van der Waals surface area contributed by atoms with Crippen LogP contribution in [0.25, 0.3) is 0 Å². The van der Waals surface area contributed by atoms with Crippen LogP contribution in [0, 0.1) is 13.8 Å². The van der Waals surface area contributed by atoms with Gasteiger partial charge in [0.15, 0.2) is 0 Å². The van der Waals surface area contributed by atoms with Crippen molar-refractivity contribution in [2.24, 2.45) is 0 Å². The number of ether oxygens (including phenoxy) is 1. The van der Waals surface area contributed by atoms with E-state index in [1.54, 1.807) is 17.1 Å². The molecule has 0 fully saturated rings. The van der Waals surface area contributed by atoms with Crippen LogP contribution < -0.4 is 9.20 Å². The maximum atomic E-state index is 5.44. The van der Waals surface area contributed by atoms with E-state index in [0.717, 1.165) is 10.6 Å². The molecule has 1 heterocycles. The van der Waals surface area contributed by atoms with Gasteiger partial charge in [0.25, 0.3) is 0 Å². The van der Waals surface area contributed by atoms with E-state index < -0.39 is 0 Å². The molecule has 2 heteroatoms. The standard InChI is InChI=1S/C12H16OSe/c1-7-5-11-10(6-8(2)14-11)9(3)12(7)13-4/h5,8H,6H2,1-4H3. The van der Waals surface area contributed by atoms with Crippen LogP contribution in [0.3, 0.4) is 0 Å². The first-order valence-electron chi connectivity index (χ1n) is 4.97. The molecule has 0 bridgehead atoms. The summed E-state index contributed by atoms with van der Waals surface area (Å²) in [6, 6.07) is 2.32. The number of benzene rings is 1. The Morgan fingerprint density at radius 1 is 1.43 bits per heavy atom. The first kappa shape index (κ1) is 10.1. The molecule has 1 nitrogen and oxygen atoms in total. The van der Waals surface area contributed by atoms with E-state index in [0.29, 0.717) is 15.0 Å². The van der Waals surface area contributed by atoms with Gasteiger partial charge in [-0.25, -0.2) is 0 Å². The van der Waals surface area contributed by atoms with Crippen LogP contribution in [0.5, 0.6) is 5.75 Å². The average molecular weight is 255 g/mol. The third-order valence-corrected chi connectivity index (χ3v) is 5.31. The fourth-order valence-corrected chi connectivity index (χ4v) is 4.93. The van der Waals surface area contributed by atoms with Gasteiger partial charge in [0, 0.05) is 0 Å². The minimum absolute atomic E-state index is 0.678. The molecular weight excluding hydrogens is 239 g/mol. The molecule has 1 unspecified atom stereocenters. The summed E-state index contributed by atoms with van der Waals surface area (Å²) in [7, 11) is 1.77. The van der Waals surface area contributed by atoms with E-state index in [9.17, 15) is 0 Å². The van der Waals surface area contributed by atoms with Gasteiger partial charge >= 0.3 is 91.8 Å². The Kier molecular flexibility index (Phi) is 2.59. The normalized spacial score (nSPS) is 19.6. The summed E-state index contributed by atoms with van der Waals surface area (Å²) in [5.41, 5.74) is 4.22. The molecule has 14 heavy (non-hydrogen) atoms. The van der Waals surface area contributed by atoms with E-state index in [1.165, 1.54) is 17.5 Å². The number of aryl methyl sites for hydroxylation is 1. The van der Waals surface area contributed by atoms with Crippen LogP contribution in [0.4, 0.5) is 0 Å². The number of hydrogen-bond acceptors (Lipinski definition) is 1. The Bertz CT molecular complexity index is 371. The molecule has 1 atom stereocenters. The van der Waals surface area contributed by atoms with Gasteiger partial charge in [-0.05, 0) is 0 Å². The first-order valence-corrected chi connectivity index (χ1v) is 6.81. The van der Waals surface area contributed by atoms with Crippen molar-refractivity contribution in [3.63, 3.8) is 0 Å². The quantitative estimate of drug-likeness (QED) is 0.697. The van der Waals surface area contributed by atoms with Crippen molar-refractivity contribution in [1.29, 1.82) is 0 Å². The molecule has 0 saturated carbocycles. The molecule has 0 N–H and O–H groups in total. The topological polar surface area (TPSA) is 9.23 Å². The van der Waals surface area contributed by atoms with Crippen molar-refractivity contribution in [3.05, 3.63) is 22.8 Å². The fraction of sp³-hybridized carbons (Fsp3) is 0.500. The Morgan fingerprint density at radius 2 is 2.14 bits per heavy atom. The Balaban J connectivity index is 2.57. The van der Waals surface area contributed by atoms with E-state index in [1.807, 2.05) is 0 Å². The average Bonchev–Trinajstić information content (AvgIpc) is 2.47. The first-order chi connectivity index (χ1) is 6.63. The Hall–Kier alpha value is -0.461. The molecule has 76 valence electrons. The maximum absolute atomic E-state index is 5.44. The van der Waals surface area contributed by atoms with Crippen molar-refractivity contribution < 1.29 is 4.74 Å². The second kappa shape index (κ2) is 3.60. The zero-order chi connectivity index (χ0) is 10.3. The summed E-state index contributed by atoms with van der Waals surface area (Å²) in [6.45, 7) is 6.69. The molecule has 0 aromatic heterocycles. The second-order valence-corrected chi connectivity index (χ2v) is 7.07. The van der Waals surface area contributed by atoms with E-state index in [4.69, 9.17) is 4.74 Å². The summed E-state index contributed by atoms with van der Waals surface area (Å²) in [6.07, 6.45) is 1.25. The second-order valence-electron chi connectivity index (χ2n) is 3.96. The summed E-state index contributed by atoms with van der Waals surface area (Å²) in [5.74, 6) is 1.09. The predicted octanol–water partition coefficient (Wildman–Crippen LogP) is 2.01. The summed E-state index contributed by atoms with van der Waals surface area (Å²) >= 11 is 0.678. The van der Waals surface area contributed by atoms with Gasteiger partial charge < -0.3 is 0 Å². The van der Waals surface area contributed by atoms with Gasteiger partial charge in [0.2, 0.25) is 0 Å². The molecule has 0 amide bonds. The van der Waals surface area contributed by atoms with Crippen molar-refractivity contribution >= 4 is 19.4 Å². The van der Waals surface area contributed by atoms with Crippen LogP contribution in [0.15, 0.2) is 6.07 Å². The minimum atomic E-state index is 0.678. The van der Waals surface area contributed by atoms with Gasteiger partial charge in [0.1, 0.15) is 0 Å². The predicted molar refractivity (Wildman–Crippen MR) is 61.0 cm³/mol. The zero-order valence-electron chi connectivity index (χ0n) is 9.18. The third kappa shape index (κ3) is 1.47. The van der Waals surface area contributed by atoms with Gasteiger partial charge in [-0.2, -0.15) is 0 Å². The van der Waals surface area contributed by atoms with E-state index >= 15 is 0 Å².